The highest BCUT2D eigenvalue weighted by Crippen LogP contribution is 2.21. The van der Waals surface area contributed by atoms with Gasteiger partial charge in [0.15, 0.2) is 0 Å². The molecule has 5 nitrogen and oxygen atoms in total. The summed E-state index contributed by atoms with van der Waals surface area (Å²) in [6, 6.07) is 1.91. The van der Waals surface area contributed by atoms with E-state index in [9.17, 15) is 9.59 Å². The number of carbonyl (C=O) groups is 1. The molecule has 0 atom stereocenters. The zero-order chi connectivity index (χ0) is 16.2. The van der Waals surface area contributed by atoms with Crippen LogP contribution in [0, 0.1) is 0 Å². The molecule has 0 saturated carbocycles. The van der Waals surface area contributed by atoms with Crippen molar-refractivity contribution < 1.29 is 4.79 Å². The minimum absolute atomic E-state index is 0.0288. The van der Waals surface area contributed by atoms with E-state index in [0.717, 1.165) is 42.1 Å². The first-order chi connectivity index (χ1) is 11.2. The van der Waals surface area contributed by atoms with Crippen molar-refractivity contribution in [3.63, 3.8) is 0 Å². The fourth-order valence-corrected chi connectivity index (χ4v) is 3.96. The van der Waals surface area contributed by atoms with Gasteiger partial charge in [0.2, 0.25) is 5.91 Å². The smallest absolute Gasteiger partial charge is 0.262 e. The summed E-state index contributed by atoms with van der Waals surface area (Å²) in [7, 11) is 0. The Balaban J connectivity index is 1.78. The average Bonchev–Trinajstić information content (AvgIpc) is 2.94. The Kier molecular flexibility index (Phi) is 5.10. The van der Waals surface area contributed by atoms with E-state index in [1.54, 1.807) is 11.3 Å². The summed E-state index contributed by atoms with van der Waals surface area (Å²) in [5, 5.41) is 0.634. The highest BCUT2D eigenvalue weighted by atomic mass is 32.1. The fourth-order valence-electron chi connectivity index (χ4n) is 3.04. The molecule has 0 radical (unpaired) electrons. The van der Waals surface area contributed by atoms with Gasteiger partial charge in [0, 0.05) is 18.0 Å². The molecule has 3 heterocycles. The topological polar surface area (TPSA) is 55.2 Å². The van der Waals surface area contributed by atoms with Crippen molar-refractivity contribution in [2.75, 3.05) is 13.1 Å². The molecule has 1 aliphatic rings. The number of amides is 1. The molecular formula is C17H23N3O2S. The molecule has 23 heavy (non-hydrogen) atoms. The number of hydrogen-bond acceptors (Lipinski definition) is 4. The lowest BCUT2D eigenvalue weighted by Crippen LogP contribution is -2.38. The van der Waals surface area contributed by atoms with Crippen LogP contribution in [0.5, 0.6) is 0 Å². The van der Waals surface area contributed by atoms with E-state index in [4.69, 9.17) is 0 Å². The third-order valence-corrected chi connectivity index (χ3v) is 5.62. The van der Waals surface area contributed by atoms with E-state index in [2.05, 4.69) is 11.9 Å². The molecule has 0 aliphatic carbocycles. The lowest BCUT2D eigenvalue weighted by molar-refractivity contribution is -0.132. The van der Waals surface area contributed by atoms with Gasteiger partial charge in [0.1, 0.15) is 11.4 Å². The molecule has 6 heteroatoms. The van der Waals surface area contributed by atoms with Crippen LogP contribution in [0.1, 0.15) is 43.9 Å². The summed E-state index contributed by atoms with van der Waals surface area (Å²) < 4.78 is 1.45. The van der Waals surface area contributed by atoms with Crippen LogP contribution in [0.4, 0.5) is 0 Å². The number of aromatic nitrogens is 2. The van der Waals surface area contributed by atoms with Gasteiger partial charge in [-0.2, -0.15) is 0 Å². The summed E-state index contributed by atoms with van der Waals surface area (Å²) in [5.74, 6) is 0.0288. The number of aryl methyl sites for hydroxylation is 1. The maximum absolute atomic E-state index is 12.6. The number of thiophene rings is 1. The quantitative estimate of drug-likeness (QED) is 0.868. The number of likely N-dealkylation sites (tertiary alicyclic amines) is 1. The Bertz CT molecular complexity index is 742. The van der Waals surface area contributed by atoms with Crippen LogP contribution < -0.4 is 5.56 Å². The second-order valence-corrected chi connectivity index (χ2v) is 7.23. The summed E-state index contributed by atoms with van der Waals surface area (Å²) >= 11 is 1.55. The molecule has 2 aromatic heterocycles. The van der Waals surface area contributed by atoms with E-state index < -0.39 is 0 Å². The largest absolute Gasteiger partial charge is 0.341 e. The van der Waals surface area contributed by atoms with Crippen LogP contribution >= 0.6 is 11.3 Å². The van der Waals surface area contributed by atoms with Gasteiger partial charge in [-0.15, -0.1) is 11.3 Å². The van der Waals surface area contributed by atoms with Crippen molar-refractivity contribution >= 4 is 27.5 Å². The molecule has 0 unspecified atom stereocenters. The Morgan fingerprint density at radius 1 is 1.22 bits per heavy atom. The number of rotatable bonds is 3. The lowest BCUT2D eigenvalue weighted by Gasteiger charge is -2.25. The van der Waals surface area contributed by atoms with Crippen LogP contribution in [-0.2, 0) is 17.8 Å². The summed E-state index contributed by atoms with van der Waals surface area (Å²) in [6.45, 7) is 3.77. The zero-order valence-corrected chi connectivity index (χ0v) is 14.4. The van der Waals surface area contributed by atoms with E-state index in [1.165, 1.54) is 30.2 Å². The van der Waals surface area contributed by atoms with Gasteiger partial charge >= 0.3 is 0 Å². The molecule has 3 rings (SSSR count). The molecule has 1 fully saturated rings. The molecular weight excluding hydrogens is 310 g/mol. The minimum Gasteiger partial charge on any atom is -0.341 e. The maximum atomic E-state index is 12.6. The molecule has 0 bridgehead atoms. The van der Waals surface area contributed by atoms with E-state index in [0.29, 0.717) is 5.39 Å². The predicted molar refractivity (Wildman–Crippen MR) is 92.9 cm³/mol. The Morgan fingerprint density at radius 3 is 2.61 bits per heavy atom. The normalized spacial score (nSPS) is 16.3. The SMILES string of the molecule is CCc1cc2c(=O)n(CC(=O)N3CCCCCCC3)cnc2s1. The molecule has 0 aromatic carbocycles. The predicted octanol–water partition coefficient (Wildman–Crippen LogP) is 2.81. The van der Waals surface area contributed by atoms with Crippen LogP contribution in [0.3, 0.4) is 0 Å². The number of carbonyl (C=O) groups excluding carboxylic acids is 1. The first kappa shape index (κ1) is 16.2. The zero-order valence-electron chi connectivity index (χ0n) is 13.6. The molecule has 0 N–H and O–H groups in total. The molecule has 1 amide bonds. The fraction of sp³-hybridized carbons (Fsp3) is 0.588. The first-order valence-corrected chi connectivity index (χ1v) is 9.26. The molecule has 0 spiro atoms. The maximum Gasteiger partial charge on any atom is 0.262 e. The van der Waals surface area contributed by atoms with E-state index >= 15 is 0 Å². The first-order valence-electron chi connectivity index (χ1n) is 8.44. The average molecular weight is 333 g/mol. The van der Waals surface area contributed by atoms with E-state index in [-0.39, 0.29) is 18.0 Å². The van der Waals surface area contributed by atoms with Crippen LogP contribution in [0.25, 0.3) is 10.2 Å². The Labute approximate surface area is 139 Å². The highest BCUT2D eigenvalue weighted by Gasteiger charge is 2.17. The Hall–Kier alpha value is -1.69. The van der Waals surface area contributed by atoms with Crippen LogP contribution in [-0.4, -0.2) is 33.4 Å². The van der Waals surface area contributed by atoms with Crippen LogP contribution in [0.2, 0.25) is 0 Å². The number of nitrogens with zero attached hydrogens (tertiary/aromatic N) is 3. The van der Waals surface area contributed by atoms with Gasteiger partial charge < -0.3 is 4.90 Å². The summed E-state index contributed by atoms with van der Waals surface area (Å²) in [6.07, 6.45) is 8.16. The van der Waals surface area contributed by atoms with Crippen molar-refractivity contribution in [2.45, 2.75) is 52.0 Å². The molecule has 1 aliphatic heterocycles. The van der Waals surface area contributed by atoms with Crippen LogP contribution in [0.15, 0.2) is 17.2 Å². The van der Waals surface area contributed by atoms with Gasteiger partial charge in [-0.05, 0) is 25.3 Å². The second-order valence-electron chi connectivity index (χ2n) is 6.11. The van der Waals surface area contributed by atoms with Gasteiger partial charge in [0.05, 0.1) is 11.7 Å². The standard InChI is InChI=1S/C17H23N3O2S/c1-2-13-10-14-16(23-13)18-12-20(17(14)22)11-15(21)19-8-6-4-3-5-7-9-19/h10,12H,2-9,11H2,1H3. The molecule has 1 saturated heterocycles. The van der Waals surface area contributed by atoms with Gasteiger partial charge in [0.25, 0.3) is 5.56 Å². The Morgan fingerprint density at radius 2 is 1.91 bits per heavy atom. The second kappa shape index (κ2) is 7.25. The van der Waals surface area contributed by atoms with Gasteiger partial charge in [-0.25, -0.2) is 4.98 Å². The molecule has 2 aromatic rings. The van der Waals surface area contributed by atoms with Crippen molar-refractivity contribution in [3.8, 4) is 0 Å². The number of fused-ring (bicyclic) bond motifs is 1. The van der Waals surface area contributed by atoms with Crippen molar-refractivity contribution in [3.05, 3.63) is 27.6 Å². The van der Waals surface area contributed by atoms with Crippen molar-refractivity contribution in [1.82, 2.24) is 14.5 Å². The summed E-state index contributed by atoms with van der Waals surface area (Å²) in [5.41, 5.74) is -0.105. The third-order valence-electron chi connectivity index (χ3n) is 4.43. The van der Waals surface area contributed by atoms with Crippen molar-refractivity contribution in [2.24, 2.45) is 0 Å². The monoisotopic (exact) mass is 333 g/mol. The lowest BCUT2D eigenvalue weighted by atomic mass is 10.1. The third kappa shape index (κ3) is 3.63. The molecule has 124 valence electrons. The highest BCUT2D eigenvalue weighted by molar-refractivity contribution is 7.18. The summed E-state index contributed by atoms with van der Waals surface area (Å²) in [4.78, 5) is 33.3. The van der Waals surface area contributed by atoms with Gasteiger partial charge in [-0.1, -0.05) is 26.2 Å². The van der Waals surface area contributed by atoms with E-state index in [1.807, 2.05) is 11.0 Å². The minimum atomic E-state index is -0.105. The van der Waals surface area contributed by atoms with Crippen molar-refractivity contribution in [1.29, 1.82) is 0 Å². The number of hydrogen-bond donors (Lipinski definition) is 0. The van der Waals surface area contributed by atoms with Gasteiger partial charge in [-0.3, -0.25) is 14.2 Å².